The summed E-state index contributed by atoms with van der Waals surface area (Å²) >= 11 is 6.20. The van der Waals surface area contributed by atoms with Gasteiger partial charge >= 0.3 is 0 Å². The number of nitrogens with two attached hydrogens (primary N) is 1. The van der Waals surface area contributed by atoms with Crippen LogP contribution in [0.15, 0.2) is 41.5 Å². The van der Waals surface area contributed by atoms with Crippen molar-refractivity contribution in [3.05, 3.63) is 52.5 Å². The number of amides is 2. The van der Waals surface area contributed by atoms with Gasteiger partial charge < -0.3 is 19.9 Å². The predicted octanol–water partition coefficient (Wildman–Crippen LogP) is 3.79. The van der Waals surface area contributed by atoms with Crippen molar-refractivity contribution in [1.82, 2.24) is 5.43 Å². The first-order valence-corrected chi connectivity index (χ1v) is 11.2. The van der Waals surface area contributed by atoms with Crippen LogP contribution >= 0.6 is 11.6 Å². The average molecular weight is 474 g/mol. The molecule has 3 N–H and O–H groups in total. The Bertz CT molecular complexity index is 1010. The molecular weight excluding hydrogens is 446 g/mol. The number of nitrogens with one attached hydrogen (secondary N) is 1. The van der Waals surface area contributed by atoms with Gasteiger partial charge in [0, 0.05) is 5.02 Å². The van der Waals surface area contributed by atoms with E-state index < -0.39 is 5.91 Å². The fourth-order valence-electron chi connectivity index (χ4n) is 3.77. The molecule has 0 bridgehead atoms. The molecule has 0 saturated heterocycles. The number of ether oxygens (including phenoxy) is 3. The summed E-state index contributed by atoms with van der Waals surface area (Å²) in [7, 11) is 1.48. The first-order valence-electron chi connectivity index (χ1n) is 10.8. The molecule has 0 aromatic heterocycles. The van der Waals surface area contributed by atoms with Gasteiger partial charge in [-0.1, -0.05) is 30.9 Å². The smallest absolute Gasteiger partial charge is 0.277 e. The molecule has 0 aliphatic heterocycles. The third kappa shape index (κ3) is 7.39. The van der Waals surface area contributed by atoms with E-state index in [1.54, 1.807) is 24.3 Å². The van der Waals surface area contributed by atoms with Crippen molar-refractivity contribution in [3.63, 3.8) is 0 Å². The molecule has 1 saturated carbocycles. The van der Waals surface area contributed by atoms with Gasteiger partial charge in [0.05, 0.1) is 13.3 Å². The minimum atomic E-state index is -0.586. The van der Waals surface area contributed by atoms with E-state index in [0.717, 1.165) is 18.4 Å². The number of primary amides is 1. The number of carbonyl (C=O) groups excluding carboxylic acids is 2. The molecule has 8 nitrogen and oxygen atoms in total. The molecule has 1 aliphatic rings. The summed E-state index contributed by atoms with van der Waals surface area (Å²) in [6.45, 7) is -0.419. The molecule has 176 valence electrons. The quantitative estimate of drug-likeness (QED) is 0.402. The van der Waals surface area contributed by atoms with Crippen molar-refractivity contribution in [3.8, 4) is 17.2 Å². The fraction of sp³-hybridized carbons (Fsp3) is 0.375. The number of methoxy groups -OCH3 is 1. The first kappa shape index (κ1) is 24.4. The SMILES string of the molecule is COc1cc(C=NNC(=O)COc2ccc(Cl)cc2C2CCCCC2)ccc1OCC(N)=O. The Morgan fingerprint density at radius 1 is 1.06 bits per heavy atom. The van der Waals surface area contributed by atoms with Gasteiger partial charge in [0.15, 0.2) is 24.7 Å². The molecule has 9 heteroatoms. The van der Waals surface area contributed by atoms with E-state index >= 15 is 0 Å². The van der Waals surface area contributed by atoms with Gasteiger partial charge in [-0.05, 0) is 66.3 Å². The van der Waals surface area contributed by atoms with Gasteiger partial charge in [0.1, 0.15) is 5.75 Å². The van der Waals surface area contributed by atoms with Crippen molar-refractivity contribution in [2.24, 2.45) is 10.8 Å². The Morgan fingerprint density at radius 3 is 2.52 bits per heavy atom. The molecule has 0 unspecified atom stereocenters. The number of nitrogens with zero attached hydrogens (tertiary/aromatic N) is 1. The number of hydrogen-bond donors (Lipinski definition) is 2. The van der Waals surface area contributed by atoms with Gasteiger partial charge in [-0.15, -0.1) is 0 Å². The summed E-state index contributed by atoms with van der Waals surface area (Å²) in [5.41, 5.74) is 9.26. The first-order chi connectivity index (χ1) is 16.0. The zero-order valence-corrected chi connectivity index (χ0v) is 19.3. The Morgan fingerprint density at radius 2 is 1.79 bits per heavy atom. The van der Waals surface area contributed by atoms with Gasteiger partial charge in [0.2, 0.25) is 0 Å². The van der Waals surface area contributed by atoms with Gasteiger partial charge in [-0.2, -0.15) is 5.10 Å². The van der Waals surface area contributed by atoms with Crippen LogP contribution in [0.4, 0.5) is 0 Å². The normalized spacial score (nSPS) is 14.1. The second kappa shape index (κ2) is 12.1. The van der Waals surface area contributed by atoms with Crippen LogP contribution in [0, 0.1) is 0 Å². The highest BCUT2D eigenvalue weighted by Crippen LogP contribution is 2.38. The van der Waals surface area contributed by atoms with Crippen LogP contribution in [0.5, 0.6) is 17.2 Å². The second-order valence-electron chi connectivity index (χ2n) is 7.76. The minimum absolute atomic E-state index is 0.165. The molecule has 0 spiro atoms. The van der Waals surface area contributed by atoms with Crippen LogP contribution in [-0.4, -0.2) is 38.4 Å². The highest BCUT2D eigenvalue weighted by atomic mass is 35.5. The van der Waals surface area contributed by atoms with Gasteiger partial charge in [0.25, 0.3) is 11.8 Å². The maximum Gasteiger partial charge on any atom is 0.277 e. The lowest BCUT2D eigenvalue weighted by Crippen LogP contribution is -2.25. The molecule has 0 heterocycles. The molecule has 2 amide bonds. The van der Waals surface area contributed by atoms with E-state index in [-0.39, 0.29) is 19.1 Å². The van der Waals surface area contributed by atoms with Crippen LogP contribution in [0.25, 0.3) is 0 Å². The lowest BCUT2D eigenvalue weighted by atomic mass is 9.84. The maximum absolute atomic E-state index is 12.2. The highest BCUT2D eigenvalue weighted by molar-refractivity contribution is 6.30. The lowest BCUT2D eigenvalue weighted by Gasteiger charge is -2.24. The average Bonchev–Trinajstić information content (AvgIpc) is 2.82. The van der Waals surface area contributed by atoms with Gasteiger partial charge in [-0.25, -0.2) is 5.43 Å². The van der Waals surface area contributed by atoms with Crippen LogP contribution < -0.4 is 25.4 Å². The van der Waals surface area contributed by atoms with Gasteiger partial charge in [-0.3, -0.25) is 9.59 Å². The van der Waals surface area contributed by atoms with E-state index in [1.165, 1.54) is 32.6 Å². The van der Waals surface area contributed by atoms with E-state index in [1.807, 2.05) is 12.1 Å². The highest BCUT2D eigenvalue weighted by Gasteiger charge is 2.20. The molecular formula is C24H28ClN3O5. The molecule has 0 atom stereocenters. The summed E-state index contributed by atoms with van der Waals surface area (Å²) in [6.07, 6.45) is 7.30. The van der Waals surface area contributed by atoms with Crippen molar-refractivity contribution in [2.75, 3.05) is 20.3 Å². The number of benzene rings is 2. The topological polar surface area (TPSA) is 112 Å². The van der Waals surface area contributed by atoms with E-state index in [2.05, 4.69) is 10.5 Å². The van der Waals surface area contributed by atoms with E-state index in [9.17, 15) is 9.59 Å². The summed E-state index contributed by atoms with van der Waals surface area (Å²) < 4.78 is 16.3. The summed E-state index contributed by atoms with van der Waals surface area (Å²) in [5, 5.41) is 4.63. The predicted molar refractivity (Wildman–Crippen MR) is 126 cm³/mol. The molecule has 2 aromatic rings. The van der Waals surface area contributed by atoms with Crippen molar-refractivity contribution >= 4 is 29.6 Å². The molecule has 1 fully saturated rings. The Hall–Kier alpha value is -3.26. The lowest BCUT2D eigenvalue weighted by molar-refractivity contribution is -0.123. The number of carbonyl (C=O) groups is 2. The van der Waals surface area contributed by atoms with E-state index in [0.29, 0.717) is 33.8 Å². The molecule has 33 heavy (non-hydrogen) atoms. The largest absolute Gasteiger partial charge is 0.493 e. The summed E-state index contributed by atoms with van der Waals surface area (Å²) in [4.78, 5) is 23.1. The fourth-order valence-corrected chi connectivity index (χ4v) is 3.95. The monoisotopic (exact) mass is 473 g/mol. The third-order valence-corrected chi connectivity index (χ3v) is 5.57. The van der Waals surface area contributed by atoms with Crippen molar-refractivity contribution < 1.29 is 23.8 Å². The van der Waals surface area contributed by atoms with Crippen LogP contribution in [0.3, 0.4) is 0 Å². The van der Waals surface area contributed by atoms with Crippen molar-refractivity contribution in [2.45, 2.75) is 38.0 Å². The van der Waals surface area contributed by atoms with Crippen LogP contribution in [0.1, 0.15) is 49.1 Å². The Kier molecular flexibility index (Phi) is 8.95. The number of rotatable bonds is 10. The second-order valence-corrected chi connectivity index (χ2v) is 8.20. The Labute approximate surface area is 198 Å². The van der Waals surface area contributed by atoms with Crippen LogP contribution in [-0.2, 0) is 9.59 Å². The molecule has 1 aliphatic carbocycles. The molecule has 0 radical (unpaired) electrons. The zero-order chi connectivity index (χ0) is 23.6. The van der Waals surface area contributed by atoms with Crippen molar-refractivity contribution in [1.29, 1.82) is 0 Å². The Balaban J connectivity index is 1.55. The number of halogens is 1. The molecule has 2 aromatic carbocycles. The maximum atomic E-state index is 12.2. The van der Waals surface area contributed by atoms with Crippen LogP contribution in [0.2, 0.25) is 5.02 Å². The standard InChI is InChI=1S/C24H28ClN3O5/c1-31-22-11-16(7-9-21(22)32-14-23(26)29)13-27-28-24(30)15-33-20-10-8-18(25)12-19(20)17-5-3-2-4-6-17/h7-13,17H,2-6,14-15H2,1H3,(H2,26,29)(H,28,30). The number of hydrogen-bond acceptors (Lipinski definition) is 6. The molecule has 3 rings (SSSR count). The minimum Gasteiger partial charge on any atom is -0.493 e. The third-order valence-electron chi connectivity index (χ3n) is 5.34. The summed E-state index contributed by atoms with van der Waals surface area (Å²) in [5.74, 6) is 0.900. The summed E-state index contributed by atoms with van der Waals surface area (Å²) in [6, 6.07) is 10.5. The zero-order valence-electron chi connectivity index (χ0n) is 18.5. The number of hydrazone groups is 1. The van der Waals surface area contributed by atoms with E-state index in [4.69, 9.17) is 31.5 Å².